The van der Waals surface area contributed by atoms with E-state index in [-0.39, 0.29) is 0 Å². The Bertz CT molecular complexity index is 501. The Morgan fingerprint density at radius 2 is 1.88 bits per heavy atom. The summed E-state index contributed by atoms with van der Waals surface area (Å²) in [6.07, 6.45) is 1.54. The van der Waals surface area contributed by atoms with Crippen LogP contribution in [-0.4, -0.2) is 18.7 Å². The van der Waals surface area contributed by atoms with Gasteiger partial charge in [-0.3, -0.25) is 4.55 Å². The van der Waals surface area contributed by atoms with E-state index in [2.05, 4.69) is 0 Å². The largest absolute Gasteiger partial charge is 0.285 e. The van der Waals surface area contributed by atoms with Gasteiger partial charge in [0.15, 0.2) is 0 Å². The molecule has 1 aromatic carbocycles. The molecule has 3 nitrogen and oxygen atoms in total. The minimum absolute atomic E-state index is 0.433. The molecule has 0 fully saturated rings. The molecule has 0 radical (unpaired) electrons. The van der Waals surface area contributed by atoms with Crippen molar-refractivity contribution in [3.05, 3.63) is 39.4 Å². The van der Waals surface area contributed by atoms with Crippen molar-refractivity contribution in [2.45, 2.75) is 6.92 Å². The van der Waals surface area contributed by atoms with Gasteiger partial charge in [0.2, 0.25) is 0 Å². The SMILES string of the molecule is CC(=Cc1c(Cl)cccc1Cl)CS(=O)(=O)O. The summed E-state index contributed by atoms with van der Waals surface area (Å²) in [5, 5.41) is 0.865. The van der Waals surface area contributed by atoms with Crippen LogP contribution >= 0.6 is 23.2 Å². The van der Waals surface area contributed by atoms with Gasteiger partial charge in [-0.25, -0.2) is 0 Å². The molecule has 0 bridgehead atoms. The first-order valence-electron chi connectivity index (χ1n) is 4.36. The lowest BCUT2D eigenvalue weighted by Gasteiger charge is -2.03. The van der Waals surface area contributed by atoms with E-state index in [1.54, 1.807) is 31.2 Å². The van der Waals surface area contributed by atoms with Crippen molar-refractivity contribution in [3.63, 3.8) is 0 Å². The van der Waals surface area contributed by atoms with Gasteiger partial charge in [-0.05, 0) is 19.1 Å². The summed E-state index contributed by atoms with van der Waals surface area (Å²) < 4.78 is 30.0. The van der Waals surface area contributed by atoms with Gasteiger partial charge in [-0.2, -0.15) is 8.42 Å². The maximum absolute atomic E-state index is 10.7. The third-order valence-electron chi connectivity index (χ3n) is 1.80. The number of halogens is 2. The van der Waals surface area contributed by atoms with E-state index >= 15 is 0 Å². The third kappa shape index (κ3) is 4.14. The Hall–Kier alpha value is -0.550. The summed E-state index contributed by atoms with van der Waals surface area (Å²) in [5.41, 5.74) is 1.00. The van der Waals surface area contributed by atoms with Crippen LogP contribution in [0.3, 0.4) is 0 Å². The average Bonchev–Trinajstić information content (AvgIpc) is 2.08. The highest BCUT2D eigenvalue weighted by molar-refractivity contribution is 7.86. The lowest BCUT2D eigenvalue weighted by atomic mass is 10.1. The fourth-order valence-corrected chi connectivity index (χ4v) is 2.39. The van der Waals surface area contributed by atoms with Gasteiger partial charge in [0.1, 0.15) is 0 Å². The molecule has 1 aromatic rings. The van der Waals surface area contributed by atoms with Crippen LogP contribution in [0.5, 0.6) is 0 Å². The van der Waals surface area contributed by atoms with Crippen LogP contribution in [0.25, 0.3) is 6.08 Å². The number of hydrogen-bond acceptors (Lipinski definition) is 2. The van der Waals surface area contributed by atoms with E-state index in [0.717, 1.165) is 0 Å². The fraction of sp³-hybridized carbons (Fsp3) is 0.200. The normalized spacial score (nSPS) is 12.9. The Labute approximate surface area is 104 Å². The van der Waals surface area contributed by atoms with E-state index in [0.29, 0.717) is 21.2 Å². The second kappa shape index (κ2) is 5.19. The fourth-order valence-electron chi connectivity index (χ4n) is 1.22. The van der Waals surface area contributed by atoms with Crippen molar-refractivity contribution in [2.75, 3.05) is 5.75 Å². The van der Waals surface area contributed by atoms with Crippen molar-refractivity contribution in [1.82, 2.24) is 0 Å². The van der Waals surface area contributed by atoms with Crippen molar-refractivity contribution < 1.29 is 13.0 Å². The zero-order valence-corrected chi connectivity index (χ0v) is 10.8. The smallest absolute Gasteiger partial charge is 0.268 e. The Balaban J connectivity index is 3.08. The zero-order valence-electron chi connectivity index (χ0n) is 8.44. The Morgan fingerprint density at radius 3 is 2.31 bits per heavy atom. The van der Waals surface area contributed by atoms with Crippen LogP contribution in [0.4, 0.5) is 0 Å². The summed E-state index contributed by atoms with van der Waals surface area (Å²) in [4.78, 5) is 0. The van der Waals surface area contributed by atoms with Crippen molar-refractivity contribution >= 4 is 39.4 Å². The summed E-state index contributed by atoms with van der Waals surface area (Å²) >= 11 is 11.8. The summed E-state index contributed by atoms with van der Waals surface area (Å²) in [5.74, 6) is -0.436. The first-order chi connectivity index (χ1) is 7.29. The molecule has 0 unspecified atom stereocenters. The van der Waals surface area contributed by atoms with Crippen LogP contribution in [0, 0.1) is 0 Å². The van der Waals surface area contributed by atoms with Crippen molar-refractivity contribution in [1.29, 1.82) is 0 Å². The van der Waals surface area contributed by atoms with Crippen LogP contribution in [0.2, 0.25) is 10.0 Å². The Morgan fingerprint density at radius 1 is 1.38 bits per heavy atom. The van der Waals surface area contributed by atoms with Crippen LogP contribution in [-0.2, 0) is 10.1 Å². The van der Waals surface area contributed by atoms with Crippen LogP contribution in [0.1, 0.15) is 12.5 Å². The average molecular weight is 281 g/mol. The van der Waals surface area contributed by atoms with Crippen LogP contribution < -0.4 is 0 Å². The topological polar surface area (TPSA) is 54.4 Å². The molecule has 6 heteroatoms. The van der Waals surface area contributed by atoms with Gasteiger partial charge in [-0.15, -0.1) is 0 Å². The molecule has 88 valence electrons. The minimum atomic E-state index is -4.02. The molecular formula is C10H10Cl2O3S. The van der Waals surface area contributed by atoms with Gasteiger partial charge < -0.3 is 0 Å². The molecule has 0 amide bonds. The summed E-state index contributed by atoms with van der Waals surface area (Å²) in [7, 11) is -4.02. The number of benzene rings is 1. The van der Waals surface area contributed by atoms with Gasteiger partial charge in [-0.1, -0.05) is 40.9 Å². The monoisotopic (exact) mass is 280 g/mol. The molecule has 0 saturated carbocycles. The van der Waals surface area contributed by atoms with Gasteiger partial charge >= 0.3 is 0 Å². The molecule has 16 heavy (non-hydrogen) atoms. The maximum atomic E-state index is 10.7. The summed E-state index contributed by atoms with van der Waals surface area (Å²) in [6, 6.07) is 5.00. The lowest BCUT2D eigenvalue weighted by Crippen LogP contribution is -2.04. The van der Waals surface area contributed by atoms with Crippen molar-refractivity contribution in [3.8, 4) is 0 Å². The first-order valence-corrected chi connectivity index (χ1v) is 6.72. The van der Waals surface area contributed by atoms with Gasteiger partial charge in [0.05, 0.1) is 5.75 Å². The van der Waals surface area contributed by atoms with Crippen LogP contribution in [0.15, 0.2) is 23.8 Å². The second-order valence-electron chi connectivity index (χ2n) is 3.35. The molecule has 0 heterocycles. The molecular weight excluding hydrogens is 271 g/mol. The first kappa shape index (κ1) is 13.5. The van der Waals surface area contributed by atoms with Crippen molar-refractivity contribution in [2.24, 2.45) is 0 Å². The minimum Gasteiger partial charge on any atom is -0.285 e. The highest BCUT2D eigenvalue weighted by Gasteiger charge is 2.08. The molecule has 0 saturated heterocycles. The molecule has 1 N–H and O–H groups in total. The molecule has 0 spiro atoms. The molecule has 1 rings (SSSR count). The lowest BCUT2D eigenvalue weighted by molar-refractivity contribution is 0.486. The Kier molecular flexibility index (Phi) is 4.38. The second-order valence-corrected chi connectivity index (χ2v) is 5.62. The quantitative estimate of drug-likeness (QED) is 0.865. The van der Waals surface area contributed by atoms with Gasteiger partial charge in [0.25, 0.3) is 10.1 Å². The summed E-state index contributed by atoms with van der Waals surface area (Å²) in [6.45, 7) is 1.58. The number of hydrogen-bond donors (Lipinski definition) is 1. The third-order valence-corrected chi connectivity index (χ3v) is 3.28. The van der Waals surface area contributed by atoms with Gasteiger partial charge in [0, 0.05) is 15.6 Å². The highest BCUT2D eigenvalue weighted by Crippen LogP contribution is 2.26. The van der Waals surface area contributed by atoms with E-state index in [9.17, 15) is 8.42 Å². The molecule has 0 atom stereocenters. The molecule has 0 aliphatic heterocycles. The van der Waals surface area contributed by atoms with E-state index in [1.165, 1.54) is 0 Å². The standard InChI is InChI=1S/C10H10Cl2O3S/c1-7(6-16(13,14)15)5-8-9(11)3-2-4-10(8)12/h2-5H,6H2,1H3,(H,13,14,15). The van der Waals surface area contributed by atoms with E-state index < -0.39 is 15.9 Å². The highest BCUT2D eigenvalue weighted by atomic mass is 35.5. The predicted octanol–water partition coefficient (Wildman–Crippen LogP) is 3.28. The maximum Gasteiger partial charge on any atom is 0.268 e. The molecule has 0 aromatic heterocycles. The number of rotatable bonds is 3. The van der Waals surface area contributed by atoms with E-state index in [1.807, 2.05) is 0 Å². The predicted molar refractivity (Wildman–Crippen MR) is 66.5 cm³/mol. The van der Waals surface area contributed by atoms with E-state index in [4.69, 9.17) is 27.8 Å². The molecule has 0 aliphatic rings. The molecule has 0 aliphatic carbocycles. The zero-order chi connectivity index (χ0) is 12.3.